The van der Waals surface area contributed by atoms with Crippen LogP contribution in [0.5, 0.6) is 0 Å². The average molecular weight is 317 g/mol. The van der Waals surface area contributed by atoms with Crippen LogP contribution in [0.25, 0.3) is 0 Å². The van der Waals surface area contributed by atoms with Gasteiger partial charge in [0.25, 0.3) is 0 Å². The zero-order valence-corrected chi connectivity index (χ0v) is 13.6. The lowest BCUT2D eigenvalue weighted by Crippen LogP contribution is -2.36. The van der Waals surface area contributed by atoms with Gasteiger partial charge >= 0.3 is 0 Å². The lowest BCUT2D eigenvalue weighted by atomic mass is 10.1. The number of aliphatic hydroxyl groups excluding tert-OH is 1. The molecule has 1 unspecified atom stereocenters. The standard InChI is InChI=1S/C14H23NO3S2/c1-3-13(11-19-2)15-20(17,18)14-8-6-12(7-9-14)5-4-10-16/h6-9,13,15-16H,3-5,10-11H2,1-2H3. The second-order valence-corrected chi connectivity index (χ2v) is 7.28. The second kappa shape index (κ2) is 8.67. The van der Waals surface area contributed by atoms with E-state index in [0.717, 1.165) is 24.2 Å². The first kappa shape index (κ1) is 17.5. The monoisotopic (exact) mass is 317 g/mol. The summed E-state index contributed by atoms with van der Waals surface area (Å²) in [4.78, 5) is 0.296. The lowest BCUT2D eigenvalue weighted by Gasteiger charge is -2.16. The summed E-state index contributed by atoms with van der Waals surface area (Å²) in [6.45, 7) is 2.12. The summed E-state index contributed by atoms with van der Waals surface area (Å²) < 4.78 is 27.2. The molecule has 0 aliphatic heterocycles. The molecule has 1 atom stereocenters. The maximum absolute atomic E-state index is 12.2. The van der Waals surface area contributed by atoms with E-state index in [1.165, 1.54) is 0 Å². The van der Waals surface area contributed by atoms with Crippen molar-refractivity contribution < 1.29 is 13.5 Å². The van der Waals surface area contributed by atoms with Gasteiger partial charge in [-0.05, 0) is 43.2 Å². The van der Waals surface area contributed by atoms with Crippen molar-refractivity contribution in [3.63, 3.8) is 0 Å². The van der Waals surface area contributed by atoms with Gasteiger partial charge in [0.2, 0.25) is 10.0 Å². The first-order chi connectivity index (χ1) is 9.53. The molecule has 0 amide bonds. The number of benzene rings is 1. The van der Waals surface area contributed by atoms with E-state index in [-0.39, 0.29) is 12.6 Å². The number of sulfonamides is 1. The van der Waals surface area contributed by atoms with Gasteiger partial charge in [0.05, 0.1) is 4.90 Å². The Hall–Kier alpha value is -0.560. The topological polar surface area (TPSA) is 66.4 Å². The van der Waals surface area contributed by atoms with Crippen LogP contribution in [-0.2, 0) is 16.4 Å². The van der Waals surface area contributed by atoms with E-state index in [1.807, 2.05) is 13.2 Å². The largest absolute Gasteiger partial charge is 0.396 e. The Morgan fingerprint density at radius 2 is 1.95 bits per heavy atom. The minimum atomic E-state index is -3.44. The summed E-state index contributed by atoms with van der Waals surface area (Å²) in [5, 5.41) is 8.78. The van der Waals surface area contributed by atoms with Crippen LogP contribution in [0, 0.1) is 0 Å². The van der Waals surface area contributed by atoms with Gasteiger partial charge in [-0.1, -0.05) is 19.1 Å². The minimum absolute atomic E-state index is 0.0379. The molecule has 4 nitrogen and oxygen atoms in total. The van der Waals surface area contributed by atoms with Gasteiger partial charge < -0.3 is 5.11 Å². The van der Waals surface area contributed by atoms with Crippen LogP contribution in [0.1, 0.15) is 25.3 Å². The number of hydrogen-bond donors (Lipinski definition) is 2. The predicted octanol–water partition coefficient (Wildman–Crippen LogP) is 2.03. The van der Waals surface area contributed by atoms with Gasteiger partial charge in [0.15, 0.2) is 0 Å². The van der Waals surface area contributed by atoms with E-state index in [9.17, 15) is 8.42 Å². The van der Waals surface area contributed by atoms with Crippen LogP contribution in [0.4, 0.5) is 0 Å². The molecule has 1 rings (SSSR count). The highest BCUT2D eigenvalue weighted by atomic mass is 32.2. The molecule has 6 heteroatoms. The van der Waals surface area contributed by atoms with Crippen LogP contribution in [0.15, 0.2) is 29.2 Å². The summed E-state index contributed by atoms with van der Waals surface area (Å²) in [6.07, 6.45) is 4.19. The number of hydrogen-bond acceptors (Lipinski definition) is 4. The molecule has 1 aromatic carbocycles. The van der Waals surface area contributed by atoms with Gasteiger partial charge in [-0.15, -0.1) is 0 Å². The molecule has 0 saturated heterocycles. The molecule has 114 valence electrons. The maximum atomic E-state index is 12.2. The Kier molecular flexibility index (Phi) is 7.58. The quantitative estimate of drug-likeness (QED) is 0.731. The van der Waals surface area contributed by atoms with Crippen molar-refractivity contribution in [1.82, 2.24) is 4.72 Å². The third-order valence-electron chi connectivity index (χ3n) is 3.04. The Morgan fingerprint density at radius 1 is 1.30 bits per heavy atom. The Morgan fingerprint density at radius 3 is 2.45 bits per heavy atom. The van der Waals surface area contributed by atoms with Crippen molar-refractivity contribution in [1.29, 1.82) is 0 Å². The van der Waals surface area contributed by atoms with E-state index in [2.05, 4.69) is 4.72 Å². The van der Waals surface area contributed by atoms with Crippen LogP contribution in [0.3, 0.4) is 0 Å². The normalized spacial score (nSPS) is 13.3. The predicted molar refractivity (Wildman–Crippen MR) is 84.6 cm³/mol. The number of aliphatic hydroxyl groups is 1. The molecule has 0 aromatic heterocycles. The van der Waals surface area contributed by atoms with Crippen molar-refractivity contribution >= 4 is 21.8 Å². The molecule has 0 bridgehead atoms. The van der Waals surface area contributed by atoms with Crippen LogP contribution < -0.4 is 4.72 Å². The van der Waals surface area contributed by atoms with Gasteiger partial charge in [0, 0.05) is 18.4 Å². The molecular weight excluding hydrogens is 294 g/mol. The number of aryl methyl sites for hydroxylation is 1. The molecule has 1 aromatic rings. The molecule has 2 N–H and O–H groups in total. The Balaban J connectivity index is 2.76. The smallest absolute Gasteiger partial charge is 0.240 e. The second-order valence-electron chi connectivity index (χ2n) is 4.65. The molecule has 0 fully saturated rings. The number of thioether (sulfide) groups is 1. The van der Waals surface area contributed by atoms with Gasteiger partial charge in [-0.25, -0.2) is 13.1 Å². The third kappa shape index (κ3) is 5.44. The minimum Gasteiger partial charge on any atom is -0.396 e. The molecule has 0 saturated carbocycles. The van der Waals surface area contributed by atoms with E-state index in [1.54, 1.807) is 36.0 Å². The maximum Gasteiger partial charge on any atom is 0.240 e. The van der Waals surface area contributed by atoms with Crippen LogP contribution in [0.2, 0.25) is 0 Å². The van der Waals surface area contributed by atoms with Crippen molar-refractivity contribution in [2.75, 3.05) is 18.6 Å². The number of nitrogens with one attached hydrogen (secondary N) is 1. The van der Waals surface area contributed by atoms with Crippen molar-refractivity contribution in [3.8, 4) is 0 Å². The lowest BCUT2D eigenvalue weighted by molar-refractivity contribution is 0.288. The molecule has 0 radical (unpaired) electrons. The highest BCUT2D eigenvalue weighted by Crippen LogP contribution is 2.13. The molecular formula is C14H23NO3S2. The molecule has 20 heavy (non-hydrogen) atoms. The SMILES string of the molecule is CCC(CSC)NS(=O)(=O)c1ccc(CCCO)cc1. The van der Waals surface area contributed by atoms with Crippen LogP contribution >= 0.6 is 11.8 Å². The van der Waals surface area contributed by atoms with E-state index in [0.29, 0.717) is 11.3 Å². The van der Waals surface area contributed by atoms with Crippen molar-refractivity contribution in [3.05, 3.63) is 29.8 Å². The Bertz CT molecular complexity index is 486. The van der Waals surface area contributed by atoms with Crippen molar-refractivity contribution in [2.45, 2.75) is 37.1 Å². The summed E-state index contributed by atoms with van der Waals surface area (Å²) in [6, 6.07) is 6.82. The van der Waals surface area contributed by atoms with Gasteiger partial charge in [-0.3, -0.25) is 0 Å². The summed E-state index contributed by atoms with van der Waals surface area (Å²) >= 11 is 1.63. The Labute approximate surface area is 126 Å². The fraction of sp³-hybridized carbons (Fsp3) is 0.571. The van der Waals surface area contributed by atoms with E-state index in [4.69, 9.17) is 5.11 Å². The van der Waals surface area contributed by atoms with E-state index < -0.39 is 10.0 Å². The average Bonchev–Trinajstić information content (AvgIpc) is 2.45. The molecule has 0 aliphatic carbocycles. The van der Waals surface area contributed by atoms with Crippen molar-refractivity contribution in [2.24, 2.45) is 0 Å². The summed E-state index contributed by atoms with van der Waals surface area (Å²) in [7, 11) is -3.44. The number of rotatable bonds is 9. The highest BCUT2D eigenvalue weighted by Gasteiger charge is 2.18. The highest BCUT2D eigenvalue weighted by molar-refractivity contribution is 7.98. The molecule has 0 aliphatic rings. The van der Waals surface area contributed by atoms with E-state index >= 15 is 0 Å². The zero-order chi connectivity index (χ0) is 15.0. The molecule has 0 heterocycles. The summed E-state index contributed by atoms with van der Waals surface area (Å²) in [5.74, 6) is 0.768. The zero-order valence-electron chi connectivity index (χ0n) is 12.0. The van der Waals surface area contributed by atoms with Gasteiger partial charge in [0.1, 0.15) is 0 Å². The van der Waals surface area contributed by atoms with Gasteiger partial charge in [-0.2, -0.15) is 11.8 Å². The fourth-order valence-electron chi connectivity index (χ4n) is 1.84. The summed E-state index contributed by atoms with van der Waals surface area (Å²) in [5.41, 5.74) is 1.04. The molecule has 0 spiro atoms. The van der Waals surface area contributed by atoms with Crippen LogP contribution in [-0.4, -0.2) is 38.2 Å². The first-order valence-corrected chi connectivity index (χ1v) is 9.62. The third-order valence-corrected chi connectivity index (χ3v) is 5.31. The first-order valence-electron chi connectivity index (χ1n) is 6.74. The fourth-order valence-corrected chi connectivity index (χ4v) is 3.99.